The van der Waals surface area contributed by atoms with Crippen molar-refractivity contribution in [3.8, 4) is 0 Å². The Balaban J connectivity index is 2.28. The maximum absolute atomic E-state index is 11.8. The highest BCUT2D eigenvalue weighted by atomic mass is 32.1. The lowest BCUT2D eigenvalue weighted by molar-refractivity contribution is 0.0278. The minimum atomic E-state index is -0.513. The Labute approximate surface area is 135 Å². The molecular formula is C14H24N4O3S. The van der Waals surface area contributed by atoms with Crippen LogP contribution in [0.2, 0.25) is 0 Å². The Kier molecular flexibility index (Phi) is 6.61. The van der Waals surface area contributed by atoms with Gasteiger partial charge in [0.1, 0.15) is 5.60 Å². The van der Waals surface area contributed by atoms with E-state index in [1.807, 2.05) is 27.7 Å². The van der Waals surface area contributed by atoms with Crippen LogP contribution in [-0.2, 0) is 4.74 Å². The maximum atomic E-state index is 11.8. The quantitative estimate of drug-likeness (QED) is 0.870. The molecule has 1 aromatic heterocycles. The second kappa shape index (κ2) is 7.98. The number of carbonyl (C=O) groups is 2. The van der Waals surface area contributed by atoms with Crippen LogP contribution in [0.15, 0.2) is 11.6 Å². The summed E-state index contributed by atoms with van der Waals surface area (Å²) in [6, 6.07) is -0.304. The third-order valence-electron chi connectivity index (χ3n) is 2.55. The van der Waals surface area contributed by atoms with E-state index in [0.29, 0.717) is 18.2 Å². The van der Waals surface area contributed by atoms with Crippen molar-refractivity contribution in [3.05, 3.63) is 11.6 Å². The summed E-state index contributed by atoms with van der Waals surface area (Å²) in [4.78, 5) is 29.0. The number of aromatic nitrogens is 1. The zero-order valence-corrected chi connectivity index (χ0v) is 14.5. The summed E-state index contributed by atoms with van der Waals surface area (Å²) in [7, 11) is 1.68. The van der Waals surface area contributed by atoms with E-state index in [0.717, 1.165) is 0 Å². The molecule has 1 heterocycles. The molecule has 0 aliphatic carbocycles. The van der Waals surface area contributed by atoms with Crippen LogP contribution in [0.4, 0.5) is 14.7 Å². The first-order chi connectivity index (χ1) is 10.2. The average molecular weight is 328 g/mol. The van der Waals surface area contributed by atoms with Crippen molar-refractivity contribution in [3.63, 3.8) is 0 Å². The predicted molar refractivity (Wildman–Crippen MR) is 87.2 cm³/mol. The average Bonchev–Trinajstić information content (AvgIpc) is 2.87. The van der Waals surface area contributed by atoms with Crippen LogP contribution in [0.3, 0.4) is 0 Å². The van der Waals surface area contributed by atoms with Crippen molar-refractivity contribution in [1.29, 1.82) is 0 Å². The summed E-state index contributed by atoms with van der Waals surface area (Å²) in [5.41, 5.74) is -0.513. The molecule has 0 unspecified atom stereocenters. The van der Waals surface area contributed by atoms with E-state index in [2.05, 4.69) is 15.6 Å². The van der Waals surface area contributed by atoms with E-state index in [4.69, 9.17) is 4.74 Å². The fourth-order valence-electron chi connectivity index (χ4n) is 1.64. The summed E-state index contributed by atoms with van der Waals surface area (Å²) in [6.07, 6.45) is 1.25. The minimum absolute atomic E-state index is 0.0968. The van der Waals surface area contributed by atoms with Crippen LogP contribution in [0.5, 0.6) is 0 Å². The van der Waals surface area contributed by atoms with E-state index in [1.165, 1.54) is 16.2 Å². The number of nitrogens with one attached hydrogen (secondary N) is 2. The normalized spacial score (nSPS) is 12.4. The Morgan fingerprint density at radius 2 is 2.14 bits per heavy atom. The molecule has 0 aliphatic rings. The lowest BCUT2D eigenvalue weighted by Gasteiger charge is -2.26. The highest BCUT2D eigenvalue weighted by Gasteiger charge is 2.20. The topological polar surface area (TPSA) is 83.6 Å². The van der Waals surface area contributed by atoms with Gasteiger partial charge < -0.3 is 15.0 Å². The molecule has 22 heavy (non-hydrogen) atoms. The number of nitrogens with zero attached hydrogens (tertiary/aromatic N) is 2. The number of thiazole rings is 1. The molecule has 0 bridgehead atoms. The van der Waals surface area contributed by atoms with Gasteiger partial charge >= 0.3 is 12.1 Å². The van der Waals surface area contributed by atoms with Crippen molar-refractivity contribution in [2.75, 3.05) is 25.5 Å². The van der Waals surface area contributed by atoms with E-state index >= 15 is 0 Å². The van der Waals surface area contributed by atoms with Gasteiger partial charge in [-0.15, -0.1) is 11.3 Å². The first-order valence-corrected chi connectivity index (χ1v) is 7.94. The first-order valence-electron chi connectivity index (χ1n) is 7.06. The Morgan fingerprint density at radius 3 is 2.68 bits per heavy atom. The van der Waals surface area contributed by atoms with Gasteiger partial charge in [-0.25, -0.2) is 14.6 Å². The van der Waals surface area contributed by atoms with E-state index in [9.17, 15) is 9.59 Å². The molecule has 0 aliphatic heterocycles. The highest BCUT2D eigenvalue weighted by Crippen LogP contribution is 2.11. The molecule has 0 spiro atoms. The van der Waals surface area contributed by atoms with Crippen LogP contribution in [-0.4, -0.2) is 47.7 Å². The van der Waals surface area contributed by atoms with Gasteiger partial charge in [-0.05, 0) is 26.7 Å². The molecule has 0 saturated heterocycles. The molecule has 0 saturated carbocycles. The molecule has 1 atom stereocenters. The largest absolute Gasteiger partial charge is 0.444 e. The summed E-state index contributed by atoms with van der Waals surface area (Å²) in [5.74, 6) is 0.0968. The second-order valence-electron chi connectivity index (χ2n) is 6.14. The molecule has 8 heteroatoms. The van der Waals surface area contributed by atoms with Gasteiger partial charge in [0.2, 0.25) is 0 Å². The number of rotatable bonds is 5. The van der Waals surface area contributed by atoms with Crippen molar-refractivity contribution in [2.24, 2.45) is 5.92 Å². The zero-order valence-electron chi connectivity index (χ0n) is 13.7. The van der Waals surface area contributed by atoms with E-state index in [-0.39, 0.29) is 18.0 Å². The number of anilines is 1. The number of carbonyl (C=O) groups excluding carboxylic acids is 2. The SMILES string of the molecule is C[C@H](CNC(=O)Nc1nccs1)CN(C)C(=O)OC(C)(C)C. The summed E-state index contributed by atoms with van der Waals surface area (Å²) < 4.78 is 5.28. The lowest BCUT2D eigenvalue weighted by atomic mass is 10.1. The van der Waals surface area contributed by atoms with Gasteiger partial charge in [0.15, 0.2) is 5.13 Å². The number of amides is 3. The van der Waals surface area contributed by atoms with Crippen LogP contribution in [0.1, 0.15) is 27.7 Å². The van der Waals surface area contributed by atoms with Crippen LogP contribution >= 0.6 is 11.3 Å². The molecular weight excluding hydrogens is 304 g/mol. The molecule has 3 amide bonds. The fourth-order valence-corrected chi connectivity index (χ4v) is 2.16. The third kappa shape index (κ3) is 7.26. The third-order valence-corrected chi connectivity index (χ3v) is 3.24. The predicted octanol–water partition coefficient (Wildman–Crippen LogP) is 2.77. The van der Waals surface area contributed by atoms with Crippen molar-refractivity contribution >= 4 is 28.6 Å². The number of urea groups is 1. The summed E-state index contributed by atoms with van der Waals surface area (Å²) in [5, 5.41) is 7.73. The van der Waals surface area contributed by atoms with Gasteiger partial charge in [-0.3, -0.25) is 5.32 Å². The Bertz CT molecular complexity index is 485. The van der Waals surface area contributed by atoms with Gasteiger partial charge in [-0.1, -0.05) is 6.92 Å². The smallest absolute Gasteiger partial charge is 0.410 e. The molecule has 7 nitrogen and oxygen atoms in total. The van der Waals surface area contributed by atoms with Gasteiger partial charge in [0.25, 0.3) is 0 Å². The lowest BCUT2D eigenvalue weighted by Crippen LogP contribution is -2.40. The maximum Gasteiger partial charge on any atom is 0.410 e. The fraction of sp³-hybridized carbons (Fsp3) is 0.643. The molecule has 124 valence electrons. The van der Waals surface area contributed by atoms with Crippen molar-refractivity contribution in [1.82, 2.24) is 15.2 Å². The molecule has 0 fully saturated rings. The second-order valence-corrected chi connectivity index (χ2v) is 7.03. The first kappa shape index (κ1) is 18.2. The molecule has 2 N–H and O–H groups in total. The Hall–Kier alpha value is -1.83. The van der Waals surface area contributed by atoms with Crippen molar-refractivity contribution in [2.45, 2.75) is 33.3 Å². The van der Waals surface area contributed by atoms with Gasteiger partial charge in [0, 0.05) is 31.7 Å². The molecule has 0 aromatic carbocycles. The van der Waals surface area contributed by atoms with Crippen LogP contribution in [0, 0.1) is 5.92 Å². The molecule has 1 aromatic rings. The Morgan fingerprint density at radius 1 is 1.45 bits per heavy atom. The highest BCUT2D eigenvalue weighted by molar-refractivity contribution is 7.13. The minimum Gasteiger partial charge on any atom is -0.444 e. The summed E-state index contributed by atoms with van der Waals surface area (Å²) in [6.45, 7) is 8.37. The van der Waals surface area contributed by atoms with E-state index < -0.39 is 5.60 Å². The van der Waals surface area contributed by atoms with Crippen LogP contribution in [0.25, 0.3) is 0 Å². The van der Waals surface area contributed by atoms with Gasteiger partial charge in [-0.2, -0.15) is 0 Å². The number of hydrogen-bond acceptors (Lipinski definition) is 5. The standard InChI is InChI=1S/C14H24N4O3S/c1-10(9-18(5)13(20)21-14(2,3)4)8-16-11(19)17-12-15-6-7-22-12/h6-7,10H,8-9H2,1-5H3,(H2,15,16,17,19)/t10-/m1/s1. The number of ether oxygens (including phenoxy) is 1. The number of hydrogen-bond donors (Lipinski definition) is 2. The summed E-state index contributed by atoms with van der Waals surface area (Å²) >= 11 is 1.35. The molecule has 1 rings (SSSR count). The van der Waals surface area contributed by atoms with E-state index in [1.54, 1.807) is 18.6 Å². The zero-order chi connectivity index (χ0) is 16.8. The van der Waals surface area contributed by atoms with Crippen molar-refractivity contribution < 1.29 is 14.3 Å². The van der Waals surface area contributed by atoms with Gasteiger partial charge in [0.05, 0.1) is 0 Å². The van der Waals surface area contributed by atoms with Crippen LogP contribution < -0.4 is 10.6 Å². The monoisotopic (exact) mass is 328 g/mol. The molecule has 0 radical (unpaired) electrons.